The third-order valence-electron chi connectivity index (χ3n) is 4.58. The van der Waals surface area contributed by atoms with Crippen molar-refractivity contribution in [3.05, 3.63) is 0 Å². The largest absolute Gasteiger partial charge is 0.383 e. The van der Waals surface area contributed by atoms with Gasteiger partial charge in [0.05, 0.1) is 6.61 Å². The van der Waals surface area contributed by atoms with Gasteiger partial charge in [-0.1, -0.05) is 6.42 Å². The van der Waals surface area contributed by atoms with E-state index in [1.165, 1.54) is 32.1 Å². The molecule has 0 saturated carbocycles. The van der Waals surface area contributed by atoms with Crippen molar-refractivity contribution in [3.8, 4) is 0 Å². The molecular formula is C14H28N2O. The summed E-state index contributed by atoms with van der Waals surface area (Å²) in [6.07, 6.45) is 6.75. The zero-order valence-electron chi connectivity index (χ0n) is 11.8. The Morgan fingerprint density at radius 2 is 1.82 bits per heavy atom. The standard InChI is InChI=1S/C14H28N2O/c1-14(2,10-17-4)16-12-6-5-7-13(16)9-11(8-12)15-3/h11-13,15H,5-10H2,1-4H3. The molecule has 2 rings (SSSR count). The molecule has 3 heteroatoms. The molecule has 2 saturated heterocycles. The summed E-state index contributed by atoms with van der Waals surface area (Å²) in [5, 5.41) is 3.48. The lowest BCUT2D eigenvalue weighted by Gasteiger charge is -2.55. The highest BCUT2D eigenvalue weighted by atomic mass is 16.5. The summed E-state index contributed by atoms with van der Waals surface area (Å²) >= 11 is 0. The predicted octanol–water partition coefficient (Wildman–Crippen LogP) is 2.02. The minimum atomic E-state index is 0.184. The Balaban J connectivity index is 2.12. The monoisotopic (exact) mass is 240 g/mol. The van der Waals surface area contributed by atoms with Gasteiger partial charge in [0.1, 0.15) is 0 Å². The van der Waals surface area contributed by atoms with E-state index in [-0.39, 0.29) is 5.54 Å². The Morgan fingerprint density at radius 3 is 2.29 bits per heavy atom. The second kappa shape index (κ2) is 5.25. The normalized spacial score (nSPS) is 34.9. The third kappa shape index (κ3) is 2.67. The number of hydrogen-bond acceptors (Lipinski definition) is 3. The molecule has 2 fully saturated rings. The van der Waals surface area contributed by atoms with Crippen molar-refractivity contribution in [2.24, 2.45) is 0 Å². The van der Waals surface area contributed by atoms with Crippen molar-refractivity contribution in [2.45, 2.75) is 69.6 Å². The molecule has 2 heterocycles. The van der Waals surface area contributed by atoms with Crippen molar-refractivity contribution in [3.63, 3.8) is 0 Å². The first-order valence-corrected chi connectivity index (χ1v) is 7.03. The molecule has 0 spiro atoms. The van der Waals surface area contributed by atoms with Crippen LogP contribution in [-0.4, -0.2) is 49.3 Å². The Bertz CT molecular complexity index is 241. The second-order valence-corrected chi connectivity index (χ2v) is 6.35. The molecule has 0 aliphatic carbocycles. The van der Waals surface area contributed by atoms with E-state index in [0.29, 0.717) is 0 Å². The second-order valence-electron chi connectivity index (χ2n) is 6.35. The van der Waals surface area contributed by atoms with Gasteiger partial charge in [-0.15, -0.1) is 0 Å². The molecule has 2 bridgehead atoms. The quantitative estimate of drug-likeness (QED) is 0.813. The van der Waals surface area contributed by atoms with Gasteiger partial charge in [0, 0.05) is 30.8 Å². The molecule has 0 amide bonds. The molecule has 100 valence electrons. The van der Waals surface area contributed by atoms with Crippen molar-refractivity contribution in [1.82, 2.24) is 10.2 Å². The van der Waals surface area contributed by atoms with E-state index in [9.17, 15) is 0 Å². The first kappa shape index (κ1) is 13.3. The van der Waals surface area contributed by atoms with Crippen molar-refractivity contribution in [2.75, 3.05) is 20.8 Å². The van der Waals surface area contributed by atoms with E-state index < -0.39 is 0 Å². The summed E-state index contributed by atoms with van der Waals surface area (Å²) in [5.41, 5.74) is 0.184. The summed E-state index contributed by atoms with van der Waals surface area (Å²) in [4.78, 5) is 2.76. The van der Waals surface area contributed by atoms with Crippen molar-refractivity contribution < 1.29 is 4.74 Å². The first-order valence-electron chi connectivity index (χ1n) is 7.03. The van der Waals surface area contributed by atoms with E-state index >= 15 is 0 Å². The molecule has 1 N–H and O–H groups in total. The average Bonchev–Trinajstić information content (AvgIpc) is 2.27. The number of methoxy groups -OCH3 is 1. The topological polar surface area (TPSA) is 24.5 Å². The zero-order valence-corrected chi connectivity index (χ0v) is 11.8. The number of rotatable bonds is 4. The van der Waals surface area contributed by atoms with Gasteiger partial charge in [0.25, 0.3) is 0 Å². The number of fused-ring (bicyclic) bond motifs is 2. The summed E-state index contributed by atoms with van der Waals surface area (Å²) in [6, 6.07) is 2.23. The number of hydrogen-bond donors (Lipinski definition) is 1. The van der Waals surface area contributed by atoms with E-state index in [0.717, 1.165) is 24.7 Å². The highest BCUT2D eigenvalue weighted by Gasteiger charge is 2.44. The fourth-order valence-electron chi connectivity index (χ4n) is 4.03. The molecule has 0 aromatic rings. The maximum absolute atomic E-state index is 5.42. The predicted molar refractivity (Wildman–Crippen MR) is 71.3 cm³/mol. The van der Waals surface area contributed by atoms with E-state index in [1.807, 2.05) is 7.11 Å². The Labute approximate surface area is 106 Å². The Morgan fingerprint density at radius 1 is 1.24 bits per heavy atom. The first-order chi connectivity index (χ1) is 8.08. The van der Waals surface area contributed by atoms with Crippen LogP contribution in [-0.2, 0) is 4.74 Å². The van der Waals surface area contributed by atoms with Crippen molar-refractivity contribution >= 4 is 0 Å². The number of nitrogens with zero attached hydrogens (tertiary/aromatic N) is 1. The van der Waals surface area contributed by atoms with Crippen LogP contribution in [0.3, 0.4) is 0 Å². The highest BCUT2D eigenvalue weighted by Crippen LogP contribution is 2.38. The van der Waals surface area contributed by atoms with Gasteiger partial charge < -0.3 is 10.1 Å². The van der Waals surface area contributed by atoms with Gasteiger partial charge in [-0.3, -0.25) is 4.90 Å². The van der Waals surface area contributed by atoms with Crippen LogP contribution >= 0.6 is 0 Å². The van der Waals surface area contributed by atoms with Crippen LogP contribution in [0.2, 0.25) is 0 Å². The van der Waals surface area contributed by atoms with Crippen LogP contribution in [0.1, 0.15) is 46.0 Å². The van der Waals surface area contributed by atoms with Gasteiger partial charge in [0.2, 0.25) is 0 Å². The van der Waals surface area contributed by atoms with Crippen LogP contribution in [0.25, 0.3) is 0 Å². The number of nitrogens with one attached hydrogen (secondary N) is 1. The molecule has 3 nitrogen and oxygen atoms in total. The average molecular weight is 240 g/mol. The van der Waals surface area contributed by atoms with Gasteiger partial charge in [-0.25, -0.2) is 0 Å². The lowest BCUT2D eigenvalue weighted by Crippen LogP contribution is -2.64. The molecule has 0 aromatic heterocycles. The molecule has 0 aromatic carbocycles. The fourth-order valence-corrected chi connectivity index (χ4v) is 4.03. The van der Waals surface area contributed by atoms with Crippen LogP contribution in [0.5, 0.6) is 0 Å². The van der Waals surface area contributed by atoms with Gasteiger partial charge in [-0.05, 0) is 46.6 Å². The van der Waals surface area contributed by atoms with E-state index in [1.54, 1.807) is 0 Å². The summed E-state index contributed by atoms with van der Waals surface area (Å²) in [7, 11) is 3.92. The molecule has 2 atom stereocenters. The zero-order chi connectivity index (χ0) is 12.5. The summed E-state index contributed by atoms with van der Waals surface area (Å²) in [6.45, 7) is 5.51. The molecule has 2 aliphatic heterocycles. The summed E-state index contributed by atoms with van der Waals surface area (Å²) < 4.78 is 5.42. The van der Waals surface area contributed by atoms with Crippen LogP contribution < -0.4 is 5.32 Å². The smallest absolute Gasteiger partial charge is 0.0641 e. The van der Waals surface area contributed by atoms with E-state index in [2.05, 4.69) is 31.1 Å². The third-order valence-corrected chi connectivity index (χ3v) is 4.58. The maximum atomic E-state index is 5.42. The number of ether oxygens (including phenoxy) is 1. The van der Waals surface area contributed by atoms with Crippen LogP contribution in [0, 0.1) is 0 Å². The molecular weight excluding hydrogens is 212 g/mol. The van der Waals surface area contributed by atoms with E-state index in [4.69, 9.17) is 4.74 Å². The highest BCUT2D eigenvalue weighted by molar-refractivity contribution is 5.00. The van der Waals surface area contributed by atoms with Gasteiger partial charge in [0.15, 0.2) is 0 Å². The lowest BCUT2D eigenvalue weighted by atomic mass is 9.78. The lowest BCUT2D eigenvalue weighted by molar-refractivity contribution is -0.0743. The molecule has 17 heavy (non-hydrogen) atoms. The Kier molecular flexibility index (Phi) is 4.11. The van der Waals surface area contributed by atoms with Gasteiger partial charge in [-0.2, -0.15) is 0 Å². The van der Waals surface area contributed by atoms with Crippen LogP contribution in [0.4, 0.5) is 0 Å². The minimum Gasteiger partial charge on any atom is -0.383 e. The maximum Gasteiger partial charge on any atom is 0.0641 e. The van der Waals surface area contributed by atoms with Crippen LogP contribution in [0.15, 0.2) is 0 Å². The number of piperidine rings is 2. The SMILES string of the molecule is CNC1CC2CCCC(C1)N2C(C)(C)COC. The summed E-state index contributed by atoms with van der Waals surface area (Å²) in [5.74, 6) is 0. The van der Waals surface area contributed by atoms with Gasteiger partial charge >= 0.3 is 0 Å². The molecule has 2 aliphatic rings. The minimum absolute atomic E-state index is 0.184. The van der Waals surface area contributed by atoms with Crippen molar-refractivity contribution in [1.29, 1.82) is 0 Å². The molecule has 0 radical (unpaired) electrons. The molecule has 2 unspecified atom stereocenters. The Hall–Kier alpha value is -0.120. The fraction of sp³-hybridized carbons (Fsp3) is 1.00.